The van der Waals surface area contributed by atoms with E-state index in [1.165, 1.54) is 0 Å². The second-order valence-corrected chi connectivity index (χ2v) is 4.34. The largest absolute Gasteiger partial charge is 0.481 e. The van der Waals surface area contributed by atoms with Crippen LogP contribution >= 0.6 is 0 Å². The fourth-order valence-electron chi connectivity index (χ4n) is 2.47. The fourth-order valence-corrected chi connectivity index (χ4v) is 2.47. The molecule has 0 saturated heterocycles. The summed E-state index contributed by atoms with van der Waals surface area (Å²) in [6.45, 7) is 3.61. The smallest absolute Gasteiger partial charge is 0.314 e. The van der Waals surface area contributed by atoms with E-state index in [1.807, 2.05) is 0 Å². The standard InChI is InChI=1S/C12H16N2O2/c1-2-14-9-10(8-13-14)12(11(15)16)6-4-3-5-7-12/h2,8-9H,1,3-7H2,(H,15,16). The van der Waals surface area contributed by atoms with Gasteiger partial charge < -0.3 is 5.11 Å². The Bertz CT molecular complexity index is 403. The molecule has 1 aliphatic rings. The third-order valence-electron chi connectivity index (χ3n) is 3.46. The Kier molecular flexibility index (Phi) is 2.81. The molecule has 16 heavy (non-hydrogen) atoms. The van der Waals surface area contributed by atoms with Gasteiger partial charge in [-0.3, -0.25) is 4.79 Å². The maximum atomic E-state index is 11.5. The van der Waals surface area contributed by atoms with Crippen molar-refractivity contribution in [2.45, 2.75) is 37.5 Å². The summed E-state index contributed by atoms with van der Waals surface area (Å²) in [5, 5.41) is 13.5. The summed E-state index contributed by atoms with van der Waals surface area (Å²) in [6, 6.07) is 0. The average Bonchev–Trinajstić information content (AvgIpc) is 2.78. The first-order chi connectivity index (χ1) is 7.69. The number of carbonyl (C=O) groups is 1. The van der Waals surface area contributed by atoms with Crippen molar-refractivity contribution in [3.63, 3.8) is 0 Å². The quantitative estimate of drug-likeness (QED) is 0.850. The van der Waals surface area contributed by atoms with Gasteiger partial charge in [-0.05, 0) is 12.8 Å². The van der Waals surface area contributed by atoms with Crippen molar-refractivity contribution in [2.24, 2.45) is 0 Å². The number of nitrogens with zero attached hydrogens (tertiary/aromatic N) is 2. The molecule has 4 nitrogen and oxygen atoms in total. The predicted molar refractivity (Wildman–Crippen MR) is 61.0 cm³/mol. The third-order valence-corrected chi connectivity index (χ3v) is 3.46. The Hall–Kier alpha value is -1.58. The summed E-state index contributed by atoms with van der Waals surface area (Å²) in [5.74, 6) is -0.726. The molecular formula is C12H16N2O2. The Morgan fingerprint density at radius 2 is 2.19 bits per heavy atom. The first-order valence-corrected chi connectivity index (χ1v) is 5.60. The minimum absolute atomic E-state index is 0.713. The topological polar surface area (TPSA) is 55.1 Å². The zero-order chi connectivity index (χ0) is 11.6. The van der Waals surface area contributed by atoms with E-state index in [0.29, 0.717) is 12.8 Å². The molecule has 1 aromatic rings. The Morgan fingerprint density at radius 3 is 2.69 bits per heavy atom. The minimum atomic E-state index is -0.726. The lowest BCUT2D eigenvalue weighted by Crippen LogP contribution is -2.37. The van der Waals surface area contributed by atoms with E-state index < -0.39 is 11.4 Å². The first kappa shape index (κ1) is 10.9. The van der Waals surface area contributed by atoms with Gasteiger partial charge in [0.25, 0.3) is 0 Å². The molecule has 0 bridgehead atoms. The number of carboxylic acids is 1. The van der Waals surface area contributed by atoms with Crippen molar-refractivity contribution in [1.29, 1.82) is 0 Å². The van der Waals surface area contributed by atoms with Crippen LogP contribution in [0.4, 0.5) is 0 Å². The zero-order valence-corrected chi connectivity index (χ0v) is 9.22. The van der Waals surface area contributed by atoms with Crippen LogP contribution in [0, 0.1) is 0 Å². The second-order valence-electron chi connectivity index (χ2n) is 4.34. The molecule has 0 aliphatic heterocycles. The highest BCUT2D eigenvalue weighted by molar-refractivity contribution is 5.81. The summed E-state index contributed by atoms with van der Waals surface area (Å²) in [5.41, 5.74) is 0.0825. The highest BCUT2D eigenvalue weighted by Crippen LogP contribution is 2.39. The van der Waals surface area contributed by atoms with Crippen molar-refractivity contribution in [3.8, 4) is 0 Å². The van der Waals surface area contributed by atoms with Crippen LogP contribution in [0.15, 0.2) is 19.0 Å². The molecule has 1 aliphatic carbocycles. The number of hydrogen-bond donors (Lipinski definition) is 1. The molecule has 0 aromatic carbocycles. The van der Waals surface area contributed by atoms with E-state index in [2.05, 4.69) is 11.7 Å². The van der Waals surface area contributed by atoms with Crippen LogP contribution in [-0.2, 0) is 10.2 Å². The third kappa shape index (κ3) is 1.64. The van der Waals surface area contributed by atoms with Crippen molar-refractivity contribution >= 4 is 12.2 Å². The Labute approximate surface area is 94.6 Å². The maximum absolute atomic E-state index is 11.5. The minimum Gasteiger partial charge on any atom is -0.481 e. The first-order valence-electron chi connectivity index (χ1n) is 5.60. The van der Waals surface area contributed by atoms with Crippen LogP contribution in [0.5, 0.6) is 0 Å². The average molecular weight is 220 g/mol. The van der Waals surface area contributed by atoms with Crippen molar-refractivity contribution in [3.05, 3.63) is 24.5 Å². The second kappa shape index (κ2) is 4.12. The summed E-state index contributed by atoms with van der Waals surface area (Å²) < 4.78 is 1.56. The van der Waals surface area contributed by atoms with E-state index in [-0.39, 0.29) is 0 Å². The molecule has 0 atom stereocenters. The molecule has 1 saturated carbocycles. The van der Waals surface area contributed by atoms with Gasteiger partial charge in [0, 0.05) is 18.0 Å². The summed E-state index contributed by atoms with van der Waals surface area (Å²) in [6.07, 6.45) is 9.51. The fraction of sp³-hybridized carbons (Fsp3) is 0.500. The monoisotopic (exact) mass is 220 g/mol. The number of hydrogen-bond acceptors (Lipinski definition) is 2. The zero-order valence-electron chi connectivity index (χ0n) is 9.22. The van der Waals surface area contributed by atoms with Crippen LogP contribution in [0.3, 0.4) is 0 Å². The number of carboxylic acid groups (broad SMARTS) is 1. The Balaban J connectivity index is 2.38. The number of rotatable bonds is 3. The normalized spacial score (nSPS) is 19.2. The molecule has 0 spiro atoms. The van der Waals surface area contributed by atoms with Crippen LogP contribution in [0.1, 0.15) is 37.7 Å². The summed E-state index contributed by atoms with van der Waals surface area (Å²) >= 11 is 0. The lowest BCUT2D eigenvalue weighted by molar-refractivity contribution is -0.145. The highest BCUT2D eigenvalue weighted by Gasteiger charge is 2.42. The van der Waals surface area contributed by atoms with E-state index >= 15 is 0 Å². The van der Waals surface area contributed by atoms with Crippen LogP contribution in [0.2, 0.25) is 0 Å². The maximum Gasteiger partial charge on any atom is 0.314 e. The van der Waals surface area contributed by atoms with E-state index in [9.17, 15) is 9.90 Å². The van der Waals surface area contributed by atoms with E-state index in [1.54, 1.807) is 23.3 Å². The van der Waals surface area contributed by atoms with Crippen LogP contribution in [0.25, 0.3) is 6.20 Å². The molecule has 4 heteroatoms. The van der Waals surface area contributed by atoms with Gasteiger partial charge in [-0.2, -0.15) is 5.10 Å². The van der Waals surface area contributed by atoms with Gasteiger partial charge in [0.2, 0.25) is 0 Å². The van der Waals surface area contributed by atoms with Gasteiger partial charge in [0.15, 0.2) is 0 Å². The van der Waals surface area contributed by atoms with Gasteiger partial charge in [-0.25, -0.2) is 4.68 Å². The highest BCUT2D eigenvalue weighted by atomic mass is 16.4. The van der Waals surface area contributed by atoms with Gasteiger partial charge in [-0.1, -0.05) is 25.8 Å². The molecule has 0 unspecified atom stereocenters. The lowest BCUT2D eigenvalue weighted by Gasteiger charge is -2.32. The molecule has 1 heterocycles. The van der Waals surface area contributed by atoms with Gasteiger partial charge >= 0.3 is 5.97 Å². The molecule has 1 N–H and O–H groups in total. The number of aliphatic carboxylic acids is 1. The van der Waals surface area contributed by atoms with E-state index in [0.717, 1.165) is 24.8 Å². The Morgan fingerprint density at radius 1 is 1.50 bits per heavy atom. The van der Waals surface area contributed by atoms with Crippen molar-refractivity contribution < 1.29 is 9.90 Å². The molecular weight excluding hydrogens is 204 g/mol. The molecule has 1 aromatic heterocycles. The molecule has 86 valence electrons. The summed E-state index contributed by atoms with van der Waals surface area (Å²) in [4.78, 5) is 11.5. The SMILES string of the molecule is C=Cn1cc(C2(C(=O)O)CCCCC2)cn1. The molecule has 2 rings (SSSR count). The van der Waals surface area contributed by atoms with Crippen molar-refractivity contribution in [1.82, 2.24) is 9.78 Å². The van der Waals surface area contributed by atoms with Crippen molar-refractivity contribution in [2.75, 3.05) is 0 Å². The van der Waals surface area contributed by atoms with Crippen LogP contribution < -0.4 is 0 Å². The predicted octanol–water partition coefficient (Wildman–Crippen LogP) is 2.27. The molecule has 0 amide bonds. The lowest BCUT2D eigenvalue weighted by atomic mass is 9.70. The van der Waals surface area contributed by atoms with Crippen LogP contribution in [-0.4, -0.2) is 20.9 Å². The number of aromatic nitrogens is 2. The van der Waals surface area contributed by atoms with Gasteiger partial charge in [0.05, 0.1) is 11.6 Å². The molecule has 0 radical (unpaired) electrons. The van der Waals surface area contributed by atoms with E-state index in [4.69, 9.17) is 0 Å². The van der Waals surface area contributed by atoms with Gasteiger partial charge in [0.1, 0.15) is 0 Å². The molecule has 1 fully saturated rings. The van der Waals surface area contributed by atoms with Gasteiger partial charge in [-0.15, -0.1) is 0 Å². The summed E-state index contributed by atoms with van der Waals surface area (Å²) in [7, 11) is 0.